The van der Waals surface area contributed by atoms with Gasteiger partial charge in [0.15, 0.2) is 0 Å². The average molecular weight is 331 g/mol. The van der Waals surface area contributed by atoms with Gasteiger partial charge < -0.3 is 5.32 Å². The smallest absolute Gasteiger partial charge is 0.0671 e. The van der Waals surface area contributed by atoms with Crippen LogP contribution in [0.25, 0.3) is 0 Å². The quantitative estimate of drug-likeness (QED) is 0.854. The molecule has 1 aromatic carbocycles. The molecule has 1 unspecified atom stereocenters. The van der Waals surface area contributed by atoms with E-state index in [0.29, 0.717) is 0 Å². The van der Waals surface area contributed by atoms with Crippen LogP contribution in [0.15, 0.2) is 34.1 Å². The number of halogens is 2. The van der Waals surface area contributed by atoms with Gasteiger partial charge >= 0.3 is 0 Å². The van der Waals surface area contributed by atoms with Gasteiger partial charge in [-0.15, -0.1) is 11.3 Å². The fourth-order valence-corrected chi connectivity index (χ4v) is 3.40. The van der Waals surface area contributed by atoms with Gasteiger partial charge in [-0.2, -0.15) is 0 Å². The maximum absolute atomic E-state index is 6.02. The monoisotopic (exact) mass is 329 g/mol. The van der Waals surface area contributed by atoms with Crippen molar-refractivity contribution in [3.05, 3.63) is 55.1 Å². The van der Waals surface area contributed by atoms with Crippen molar-refractivity contribution >= 4 is 38.9 Å². The Morgan fingerprint density at radius 2 is 2.12 bits per heavy atom. The minimum absolute atomic E-state index is 0.226. The molecule has 0 saturated carbocycles. The molecule has 90 valence electrons. The summed E-state index contributed by atoms with van der Waals surface area (Å²) in [6.07, 6.45) is 0. The first-order chi connectivity index (χ1) is 8.13. The van der Waals surface area contributed by atoms with E-state index in [-0.39, 0.29) is 6.04 Å². The van der Waals surface area contributed by atoms with Gasteiger partial charge in [0.25, 0.3) is 0 Å². The minimum Gasteiger partial charge on any atom is -0.309 e. The highest BCUT2D eigenvalue weighted by molar-refractivity contribution is 9.10. The Morgan fingerprint density at radius 1 is 1.35 bits per heavy atom. The second-order valence-electron chi connectivity index (χ2n) is 3.86. The van der Waals surface area contributed by atoms with Gasteiger partial charge in [0.05, 0.1) is 11.1 Å². The Bertz CT molecular complexity index is 524. The van der Waals surface area contributed by atoms with Crippen molar-refractivity contribution in [1.29, 1.82) is 0 Å². The summed E-state index contributed by atoms with van der Waals surface area (Å²) < 4.78 is 0.936. The second-order valence-corrected chi connectivity index (χ2v) is 6.07. The number of nitrogens with one attached hydrogen (secondary N) is 1. The third-order valence-corrected chi connectivity index (χ3v) is 5.03. The van der Waals surface area contributed by atoms with Crippen LogP contribution in [0, 0.1) is 6.92 Å². The zero-order valence-electron chi connectivity index (χ0n) is 9.63. The number of hydrogen-bond acceptors (Lipinski definition) is 2. The van der Waals surface area contributed by atoms with Gasteiger partial charge in [-0.25, -0.2) is 0 Å². The molecule has 1 nitrogen and oxygen atoms in total. The molecule has 4 heteroatoms. The van der Waals surface area contributed by atoms with E-state index in [9.17, 15) is 0 Å². The first kappa shape index (κ1) is 13.1. The van der Waals surface area contributed by atoms with Crippen LogP contribution >= 0.6 is 38.9 Å². The summed E-state index contributed by atoms with van der Waals surface area (Å²) in [7, 11) is 1.98. The summed E-state index contributed by atoms with van der Waals surface area (Å²) in [6.45, 7) is 2.14. The average Bonchev–Trinajstić information content (AvgIpc) is 2.71. The van der Waals surface area contributed by atoms with Gasteiger partial charge in [0, 0.05) is 9.35 Å². The molecule has 0 radical (unpaired) electrons. The minimum atomic E-state index is 0.226. The molecule has 1 heterocycles. The predicted molar refractivity (Wildman–Crippen MR) is 79.1 cm³/mol. The molecule has 0 bridgehead atoms. The topological polar surface area (TPSA) is 12.0 Å². The van der Waals surface area contributed by atoms with Gasteiger partial charge in [0.1, 0.15) is 0 Å². The molecule has 0 amide bonds. The zero-order valence-corrected chi connectivity index (χ0v) is 12.8. The number of benzene rings is 1. The van der Waals surface area contributed by atoms with Crippen LogP contribution in [-0.2, 0) is 0 Å². The number of rotatable bonds is 3. The van der Waals surface area contributed by atoms with E-state index in [0.717, 1.165) is 9.50 Å². The lowest BCUT2D eigenvalue weighted by molar-refractivity contribution is 0.700. The normalized spacial score (nSPS) is 12.7. The van der Waals surface area contributed by atoms with Crippen LogP contribution in [0.3, 0.4) is 0 Å². The van der Waals surface area contributed by atoms with Crippen molar-refractivity contribution in [1.82, 2.24) is 5.32 Å². The van der Waals surface area contributed by atoms with Gasteiger partial charge in [-0.05, 0) is 64.6 Å². The summed E-state index contributed by atoms with van der Waals surface area (Å²) >= 11 is 11.3. The van der Waals surface area contributed by atoms with Crippen LogP contribution in [0.2, 0.25) is 5.02 Å². The molecule has 1 N–H and O–H groups in total. The van der Waals surface area contributed by atoms with Gasteiger partial charge in [-0.1, -0.05) is 17.7 Å². The van der Waals surface area contributed by atoms with E-state index < -0.39 is 0 Å². The van der Waals surface area contributed by atoms with Crippen molar-refractivity contribution < 1.29 is 0 Å². The molecule has 2 rings (SSSR count). The Labute approximate surface area is 119 Å². The van der Waals surface area contributed by atoms with Crippen molar-refractivity contribution in [2.45, 2.75) is 13.0 Å². The van der Waals surface area contributed by atoms with Crippen molar-refractivity contribution in [3.63, 3.8) is 0 Å². The Morgan fingerprint density at radius 3 is 2.65 bits per heavy atom. The summed E-state index contributed by atoms with van der Waals surface area (Å²) in [5, 5.41) is 6.22. The van der Waals surface area contributed by atoms with Crippen LogP contribution in [0.4, 0.5) is 0 Å². The standard InChI is InChI=1S/C13H13BrClNS/c1-8-5-6-17-13(8)12(16-2)9-3-4-11(15)10(14)7-9/h3-7,12,16H,1-2H3. The van der Waals surface area contributed by atoms with Gasteiger partial charge in [-0.3, -0.25) is 0 Å². The lowest BCUT2D eigenvalue weighted by Crippen LogP contribution is -2.17. The molecule has 1 aromatic heterocycles. The molecule has 0 saturated heterocycles. The number of aryl methyl sites for hydroxylation is 1. The molecule has 17 heavy (non-hydrogen) atoms. The van der Waals surface area contributed by atoms with E-state index >= 15 is 0 Å². The summed E-state index contributed by atoms with van der Waals surface area (Å²) in [6, 6.07) is 8.43. The molecule has 2 aromatic rings. The second kappa shape index (κ2) is 5.53. The van der Waals surface area contributed by atoms with Crippen LogP contribution in [-0.4, -0.2) is 7.05 Å². The van der Waals surface area contributed by atoms with E-state index in [2.05, 4.69) is 51.7 Å². The summed E-state index contributed by atoms with van der Waals surface area (Å²) in [4.78, 5) is 1.35. The summed E-state index contributed by atoms with van der Waals surface area (Å²) in [5.74, 6) is 0. The molecule has 0 aliphatic rings. The van der Waals surface area contributed by atoms with E-state index in [1.807, 2.05) is 13.1 Å². The number of hydrogen-bond donors (Lipinski definition) is 1. The van der Waals surface area contributed by atoms with Crippen molar-refractivity contribution in [3.8, 4) is 0 Å². The predicted octanol–water partition coefficient (Wildman–Crippen LogP) is 4.78. The molecular formula is C13H13BrClNS. The molecule has 1 atom stereocenters. The highest BCUT2D eigenvalue weighted by Crippen LogP contribution is 2.32. The lowest BCUT2D eigenvalue weighted by Gasteiger charge is -2.17. The Hall–Kier alpha value is -0.350. The van der Waals surface area contributed by atoms with Gasteiger partial charge in [0.2, 0.25) is 0 Å². The van der Waals surface area contributed by atoms with Crippen LogP contribution < -0.4 is 5.32 Å². The van der Waals surface area contributed by atoms with E-state index in [1.165, 1.54) is 16.0 Å². The molecule has 0 fully saturated rings. The molecular weight excluding hydrogens is 318 g/mol. The highest BCUT2D eigenvalue weighted by Gasteiger charge is 2.16. The molecule has 0 aliphatic heterocycles. The first-order valence-corrected chi connectivity index (χ1v) is 7.34. The third-order valence-electron chi connectivity index (χ3n) is 2.73. The highest BCUT2D eigenvalue weighted by atomic mass is 79.9. The maximum Gasteiger partial charge on any atom is 0.0671 e. The van der Waals surface area contributed by atoms with Crippen LogP contribution in [0.1, 0.15) is 22.0 Å². The van der Waals surface area contributed by atoms with Crippen molar-refractivity contribution in [2.24, 2.45) is 0 Å². The van der Waals surface area contributed by atoms with Crippen LogP contribution in [0.5, 0.6) is 0 Å². The Kier molecular flexibility index (Phi) is 4.26. The SMILES string of the molecule is CNC(c1ccc(Cl)c(Br)c1)c1sccc1C. The molecule has 0 spiro atoms. The van der Waals surface area contributed by atoms with Crippen molar-refractivity contribution in [2.75, 3.05) is 7.05 Å². The molecule has 0 aliphatic carbocycles. The van der Waals surface area contributed by atoms with E-state index in [1.54, 1.807) is 11.3 Å². The number of thiophene rings is 1. The maximum atomic E-state index is 6.02. The third kappa shape index (κ3) is 2.74. The Balaban J connectivity index is 2.42. The fourth-order valence-electron chi connectivity index (χ4n) is 1.82. The fraction of sp³-hybridized carbons (Fsp3) is 0.231. The largest absolute Gasteiger partial charge is 0.309 e. The lowest BCUT2D eigenvalue weighted by atomic mass is 10.0. The zero-order chi connectivity index (χ0) is 12.4. The first-order valence-electron chi connectivity index (χ1n) is 5.29. The summed E-state index contributed by atoms with van der Waals surface area (Å²) in [5.41, 5.74) is 2.54. The van der Waals surface area contributed by atoms with E-state index in [4.69, 9.17) is 11.6 Å².